The molecule has 0 bridgehead atoms. The largest absolute Gasteiger partial charge is 0.309 e. The molecule has 18 aromatic rings. The first kappa shape index (κ1) is 49.5. The van der Waals surface area contributed by atoms with Crippen molar-refractivity contribution in [1.29, 1.82) is 0 Å². The highest BCUT2D eigenvalue weighted by atomic mass is 31.2. The highest BCUT2D eigenvalue weighted by molar-refractivity contribution is 7.86. The molecule has 3 nitrogen and oxygen atoms in total. The van der Waals surface area contributed by atoms with E-state index < -0.39 is 15.1 Å². The summed E-state index contributed by atoms with van der Waals surface area (Å²) < 4.78 is 16.2. The van der Waals surface area contributed by atoms with Gasteiger partial charge in [-0.15, -0.1) is 0 Å². The van der Waals surface area contributed by atoms with Crippen LogP contribution >= 0.6 is 15.1 Å². The number of aryl methyl sites for hydroxylation is 2. The lowest BCUT2D eigenvalue weighted by molar-refractivity contribution is -0.176. The molecular formula is C78H52O3P2. The van der Waals surface area contributed by atoms with Gasteiger partial charge in [0.1, 0.15) is 0 Å². The Bertz CT molecular complexity index is 5230. The molecule has 0 spiro atoms. The third kappa shape index (κ3) is 7.46. The van der Waals surface area contributed by atoms with Gasteiger partial charge in [-0.2, -0.15) is 0 Å². The molecule has 0 aliphatic rings. The maximum atomic E-state index is 16.2. The maximum absolute atomic E-state index is 16.2. The molecule has 0 aliphatic carbocycles. The lowest BCUT2D eigenvalue weighted by Gasteiger charge is -2.25. The summed E-state index contributed by atoms with van der Waals surface area (Å²) in [5, 5.41) is 49.4. The molecule has 83 heavy (non-hydrogen) atoms. The van der Waals surface area contributed by atoms with Crippen LogP contribution < -0.4 is 31.8 Å². The molecule has 18 rings (SSSR count). The zero-order chi connectivity index (χ0) is 55.7. The second kappa shape index (κ2) is 19.2. The summed E-state index contributed by atoms with van der Waals surface area (Å²) in [5.74, 6) is 0. The predicted octanol–water partition coefficient (Wildman–Crippen LogP) is 19.0. The van der Waals surface area contributed by atoms with Crippen LogP contribution in [0.1, 0.15) is 11.1 Å². The maximum Gasteiger partial charge on any atom is 0.172 e. The van der Waals surface area contributed by atoms with Crippen LogP contribution in [0.4, 0.5) is 0 Å². The molecule has 0 aliphatic heterocycles. The fourth-order valence-corrected chi connectivity index (χ4v) is 19.7. The molecule has 0 heterocycles. The standard InChI is InChI=1S/C39H25OP.C39H25P.H2O2/c1-24-8-18-31(19-9-24)41(40,34-22-16-29-12-10-25-4-2-6-27-14-20-32(34)38(29)36(25)27)35-23-17-30-13-11-26-5-3-7-28-15-21-33(35)39(30)37(26)28;1-24-8-18-31(19-9-24)40(34-22-16-29-12-10-25-4-2-6-27-14-20-32(34)38(29)36(25)27)35-23-17-30-13-11-26-5-3-7-28-15-21-33(35)39(30)37(26)28;1-2/h2-23H,1H3;2-23H,1H3;1-2H. The Kier molecular flexibility index (Phi) is 11.4. The van der Waals surface area contributed by atoms with Gasteiger partial charge < -0.3 is 4.57 Å². The summed E-state index contributed by atoms with van der Waals surface area (Å²) in [4.78, 5) is 0. The first-order chi connectivity index (χ1) is 40.9. The zero-order valence-electron chi connectivity index (χ0n) is 45.6. The van der Waals surface area contributed by atoms with Crippen molar-refractivity contribution in [3.8, 4) is 0 Å². The van der Waals surface area contributed by atoms with Crippen LogP contribution in [0.5, 0.6) is 0 Å². The molecule has 0 amide bonds. The van der Waals surface area contributed by atoms with Crippen molar-refractivity contribution in [3.63, 3.8) is 0 Å². The van der Waals surface area contributed by atoms with E-state index in [9.17, 15) is 0 Å². The molecule has 5 heteroatoms. The minimum atomic E-state index is -3.31. The highest BCUT2D eigenvalue weighted by Crippen LogP contribution is 2.50. The first-order valence-corrected chi connectivity index (χ1v) is 31.3. The van der Waals surface area contributed by atoms with E-state index in [4.69, 9.17) is 10.5 Å². The van der Waals surface area contributed by atoms with Crippen LogP contribution in [0.15, 0.2) is 267 Å². The Balaban J connectivity index is 0.000000132. The number of rotatable bonds is 6. The third-order valence-corrected chi connectivity index (χ3v) is 23.6. The third-order valence-electron chi connectivity index (χ3n) is 17.9. The van der Waals surface area contributed by atoms with E-state index in [0.29, 0.717) is 0 Å². The van der Waals surface area contributed by atoms with Gasteiger partial charge >= 0.3 is 0 Å². The van der Waals surface area contributed by atoms with Gasteiger partial charge in [-0.3, -0.25) is 10.5 Å². The van der Waals surface area contributed by atoms with Crippen LogP contribution in [-0.2, 0) is 4.57 Å². The number of hydrogen-bond donors (Lipinski definition) is 2. The molecule has 0 saturated heterocycles. The summed E-state index contributed by atoms with van der Waals surface area (Å²) in [6.07, 6.45) is 0. The second-order valence-corrected chi connectivity index (χ2v) is 27.2. The van der Waals surface area contributed by atoms with E-state index >= 15 is 4.57 Å². The highest BCUT2D eigenvalue weighted by Gasteiger charge is 2.34. The molecule has 392 valence electrons. The Morgan fingerprint density at radius 3 is 0.855 bits per heavy atom. The van der Waals surface area contributed by atoms with E-state index in [1.54, 1.807) is 0 Å². The van der Waals surface area contributed by atoms with Crippen molar-refractivity contribution >= 4 is 176 Å². The lowest BCUT2D eigenvalue weighted by Crippen LogP contribution is -2.26. The first-order valence-electron chi connectivity index (χ1n) is 28.3. The summed E-state index contributed by atoms with van der Waals surface area (Å²) >= 11 is 0. The van der Waals surface area contributed by atoms with Crippen molar-refractivity contribution in [2.24, 2.45) is 0 Å². The van der Waals surface area contributed by atoms with E-state index in [0.717, 1.165) is 32.2 Å². The minimum absolute atomic E-state index is 0.813. The SMILES string of the molecule is Cc1ccc(P(=O)(c2ccc3ccc4cccc5ccc2c3c45)c2ccc3ccc4cccc5ccc2c3c45)cc1.Cc1ccc(P(c2ccc3ccc4cccc5ccc2c3c45)c2ccc3ccc4cccc5ccc2c3c45)cc1.OO. The lowest BCUT2D eigenvalue weighted by atomic mass is 9.94. The summed E-state index contributed by atoms with van der Waals surface area (Å²) in [6.45, 7) is 4.26. The van der Waals surface area contributed by atoms with Crippen LogP contribution in [0.2, 0.25) is 0 Å². The number of benzene rings is 18. The second-order valence-electron chi connectivity index (χ2n) is 22.4. The van der Waals surface area contributed by atoms with Crippen LogP contribution in [-0.4, -0.2) is 10.5 Å². The molecule has 0 atom stereocenters. The summed E-state index contributed by atoms with van der Waals surface area (Å²) in [7, 11) is -4.13. The van der Waals surface area contributed by atoms with E-state index in [1.165, 1.54) is 140 Å². The predicted molar refractivity (Wildman–Crippen MR) is 361 cm³/mol. The summed E-state index contributed by atoms with van der Waals surface area (Å²) in [6, 6.07) is 98.0. The van der Waals surface area contributed by atoms with Crippen molar-refractivity contribution in [1.82, 2.24) is 0 Å². The fourth-order valence-electron chi connectivity index (χ4n) is 14.1. The van der Waals surface area contributed by atoms with Crippen molar-refractivity contribution in [2.75, 3.05) is 0 Å². The van der Waals surface area contributed by atoms with E-state index in [1.807, 2.05) is 0 Å². The zero-order valence-corrected chi connectivity index (χ0v) is 47.4. The molecular weight excluding hydrogens is 1050 g/mol. The van der Waals surface area contributed by atoms with Crippen molar-refractivity contribution < 1.29 is 15.1 Å². The fraction of sp³-hybridized carbons (Fsp3) is 0.0256. The van der Waals surface area contributed by atoms with Crippen molar-refractivity contribution in [2.45, 2.75) is 13.8 Å². The van der Waals surface area contributed by atoms with Gasteiger partial charge in [0.25, 0.3) is 0 Å². The Labute approximate surface area is 480 Å². The molecule has 0 saturated carbocycles. The van der Waals surface area contributed by atoms with Gasteiger partial charge in [0.2, 0.25) is 0 Å². The van der Waals surface area contributed by atoms with Gasteiger partial charge in [0, 0.05) is 15.9 Å². The molecule has 0 fully saturated rings. The monoisotopic (exact) mass is 1100 g/mol. The smallest absolute Gasteiger partial charge is 0.172 e. The summed E-state index contributed by atoms with van der Waals surface area (Å²) in [5.41, 5.74) is 2.45. The average molecular weight is 1100 g/mol. The van der Waals surface area contributed by atoms with Gasteiger partial charge in [-0.1, -0.05) is 266 Å². The quantitative estimate of drug-likeness (QED) is 0.0755. The van der Waals surface area contributed by atoms with Gasteiger partial charge in [-0.05, 0) is 179 Å². The van der Waals surface area contributed by atoms with Crippen LogP contribution in [0.3, 0.4) is 0 Å². The Morgan fingerprint density at radius 2 is 0.518 bits per heavy atom. The molecule has 2 N–H and O–H groups in total. The van der Waals surface area contributed by atoms with E-state index in [2.05, 4.69) is 281 Å². The van der Waals surface area contributed by atoms with E-state index in [-0.39, 0.29) is 0 Å². The van der Waals surface area contributed by atoms with Crippen LogP contribution in [0, 0.1) is 13.8 Å². The topological polar surface area (TPSA) is 57.5 Å². The van der Waals surface area contributed by atoms with Gasteiger partial charge in [0.05, 0.1) is 0 Å². The normalized spacial score (nSPS) is 12.3. The van der Waals surface area contributed by atoms with Gasteiger partial charge in [-0.25, -0.2) is 0 Å². The molecule has 0 radical (unpaired) electrons. The Morgan fingerprint density at radius 1 is 0.265 bits per heavy atom. The van der Waals surface area contributed by atoms with Crippen LogP contribution in [0.25, 0.3) is 129 Å². The Hall–Kier alpha value is -9.30. The minimum Gasteiger partial charge on any atom is -0.309 e. The van der Waals surface area contributed by atoms with Crippen molar-refractivity contribution in [3.05, 3.63) is 278 Å². The van der Waals surface area contributed by atoms with Gasteiger partial charge in [0.15, 0.2) is 7.14 Å². The molecule has 0 aromatic heterocycles. The average Bonchev–Trinajstić information content (AvgIpc) is 3.17. The molecule has 18 aromatic carbocycles. The molecule has 0 unspecified atom stereocenters. The number of hydrogen-bond acceptors (Lipinski definition) is 3.